The number of unbranched alkanes of at least 4 members (excludes halogenated alkanes) is 1. The molecule has 1 amide bonds. The van der Waals surface area contributed by atoms with Crippen molar-refractivity contribution in [3.8, 4) is 0 Å². The first-order valence-corrected chi connectivity index (χ1v) is 6.40. The van der Waals surface area contributed by atoms with Crippen molar-refractivity contribution in [2.45, 2.75) is 32.5 Å². The second kappa shape index (κ2) is 9.35. The van der Waals surface area contributed by atoms with Crippen LogP contribution >= 0.6 is 0 Å². The van der Waals surface area contributed by atoms with Crippen molar-refractivity contribution in [1.29, 1.82) is 0 Å². The van der Waals surface area contributed by atoms with Crippen LogP contribution in [0.15, 0.2) is 30.3 Å². The van der Waals surface area contributed by atoms with Gasteiger partial charge in [-0.2, -0.15) is 5.48 Å². The average molecular weight is 265 g/mol. The van der Waals surface area contributed by atoms with Gasteiger partial charge in [-0.1, -0.05) is 43.7 Å². The lowest BCUT2D eigenvalue weighted by atomic mass is 10.2. The Bertz CT molecular complexity index is 357. The van der Waals surface area contributed by atoms with E-state index in [4.69, 9.17) is 9.57 Å². The number of carbonyl (C=O) groups is 1. The highest BCUT2D eigenvalue weighted by Crippen LogP contribution is 1.99. The molecular weight excluding hydrogens is 244 g/mol. The van der Waals surface area contributed by atoms with E-state index in [0.717, 1.165) is 18.4 Å². The summed E-state index contributed by atoms with van der Waals surface area (Å²) < 4.78 is 4.93. The zero-order valence-corrected chi connectivity index (χ0v) is 11.2. The van der Waals surface area contributed by atoms with E-state index < -0.39 is 12.3 Å². The molecule has 1 aromatic carbocycles. The summed E-state index contributed by atoms with van der Waals surface area (Å²) >= 11 is 0. The summed E-state index contributed by atoms with van der Waals surface area (Å²) in [4.78, 5) is 16.5. The minimum Gasteiger partial charge on any atom is -0.450 e. The number of rotatable bonds is 8. The van der Waals surface area contributed by atoms with Gasteiger partial charge in [-0.25, -0.2) is 4.79 Å². The first kappa shape index (κ1) is 15.5. The molecule has 1 unspecified atom stereocenters. The first-order valence-electron chi connectivity index (χ1n) is 6.40. The summed E-state index contributed by atoms with van der Waals surface area (Å²) in [6.07, 6.45) is 0.786. The number of hydrogen-bond acceptors (Lipinski definition) is 4. The molecule has 0 heterocycles. The van der Waals surface area contributed by atoms with Crippen LogP contribution in [-0.2, 0) is 16.2 Å². The maximum absolute atomic E-state index is 11.3. The van der Waals surface area contributed by atoms with Crippen molar-refractivity contribution in [3.05, 3.63) is 42.8 Å². The number of alkyl carbamates (subject to hydrolysis) is 1. The number of amides is 1. The maximum atomic E-state index is 11.3. The molecule has 0 saturated carbocycles. The summed E-state index contributed by atoms with van der Waals surface area (Å²) in [5, 5.41) is 2.52. The monoisotopic (exact) mass is 265 g/mol. The van der Waals surface area contributed by atoms with Crippen LogP contribution in [-0.4, -0.2) is 18.9 Å². The Morgan fingerprint density at radius 2 is 2.11 bits per heavy atom. The topological polar surface area (TPSA) is 59.6 Å². The number of benzene rings is 1. The maximum Gasteiger partial charge on any atom is 0.408 e. The van der Waals surface area contributed by atoms with Gasteiger partial charge in [0.1, 0.15) is 6.17 Å². The largest absolute Gasteiger partial charge is 0.450 e. The zero-order valence-electron chi connectivity index (χ0n) is 11.2. The molecular formula is C14H21N2O3. The van der Waals surface area contributed by atoms with Crippen molar-refractivity contribution >= 4 is 6.09 Å². The highest BCUT2D eigenvalue weighted by Gasteiger charge is 2.07. The van der Waals surface area contributed by atoms with Crippen LogP contribution in [0.1, 0.15) is 25.3 Å². The SMILES string of the molecule is [CH2]C(NOCc1ccccc1)NC(=O)OCCCC. The number of nitrogens with one attached hydrogen (secondary N) is 2. The number of hydrogen-bond donors (Lipinski definition) is 2. The van der Waals surface area contributed by atoms with E-state index in [1.54, 1.807) is 0 Å². The first-order chi connectivity index (χ1) is 9.22. The van der Waals surface area contributed by atoms with E-state index in [9.17, 15) is 4.79 Å². The highest BCUT2D eigenvalue weighted by molar-refractivity contribution is 5.67. The van der Waals surface area contributed by atoms with E-state index in [1.165, 1.54) is 0 Å². The molecule has 0 aliphatic rings. The molecule has 5 heteroatoms. The Kier molecular flexibility index (Phi) is 7.62. The Balaban J connectivity index is 2.10. The predicted molar refractivity (Wildman–Crippen MR) is 72.9 cm³/mol. The van der Waals surface area contributed by atoms with E-state index in [-0.39, 0.29) is 0 Å². The summed E-state index contributed by atoms with van der Waals surface area (Å²) in [6, 6.07) is 9.71. The fraction of sp³-hybridized carbons (Fsp3) is 0.429. The van der Waals surface area contributed by atoms with Gasteiger partial charge in [-0.15, -0.1) is 0 Å². The second-order valence-electron chi connectivity index (χ2n) is 4.08. The van der Waals surface area contributed by atoms with Crippen LogP contribution in [0.5, 0.6) is 0 Å². The fourth-order valence-corrected chi connectivity index (χ4v) is 1.32. The summed E-state index contributed by atoms with van der Waals surface area (Å²) in [7, 11) is 0. The normalized spacial score (nSPS) is 11.9. The van der Waals surface area contributed by atoms with Crippen LogP contribution in [0, 0.1) is 6.92 Å². The summed E-state index contributed by atoms with van der Waals surface area (Å²) in [5.74, 6) is 0. The summed E-state index contributed by atoms with van der Waals surface area (Å²) in [6.45, 7) is 6.54. The molecule has 0 spiro atoms. The highest BCUT2D eigenvalue weighted by atomic mass is 16.6. The quantitative estimate of drug-likeness (QED) is 0.430. The van der Waals surface area contributed by atoms with Crippen molar-refractivity contribution in [2.24, 2.45) is 0 Å². The molecule has 0 bridgehead atoms. The van der Waals surface area contributed by atoms with Gasteiger partial charge in [0.05, 0.1) is 13.2 Å². The Labute approximate surface area is 114 Å². The molecule has 0 aliphatic carbocycles. The van der Waals surface area contributed by atoms with Gasteiger partial charge in [0, 0.05) is 0 Å². The van der Waals surface area contributed by atoms with Gasteiger partial charge in [-0.05, 0) is 18.9 Å². The predicted octanol–water partition coefficient (Wildman–Crippen LogP) is 2.39. The van der Waals surface area contributed by atoms with Crippen LogP contribution in [0.25, 0.3) is 0 Å². The Hall–Kier alpha value is -1.59. The molecule has 0 aromatic heterocycles. The smallest absolute Gasteiger partial charge is 0.408 e. The van der Waals surface area contributed by atoms with Crippen molar-refractivity contribution in [1.82, 2.24) is 10.8 Å². The molecule has 1 rings (SSSR count). The molecule has 0 fully saturated rings. The minimum atomic E-state index is -0.558. The lowest BCUT2D eigenvalue weighted by Gasteiger charge is -2.15. The van der Waals surface area contributed by atoms with Gasteiger partial charge in [-0.3, -0.25) is 4.84 Å². The summed E-state index contributed by atoms with van der Waals surface area (Å²) in [5.41, 5.74) is 3.66. The Morgan fingerprint density at radius 1 is 1.37 bits per heavy atom. The average Bonchev–Trinajstić information content (AvgIpc) is 2.40. The molecule has 0 aliphatic heterocycles. The van der Waals surface area contributed by atoms with Crippen LogP contribution in [0.3, 0.4) is 0 Å². The van der Waals surface area contributed by atoms with Crippen molar-refractivity contribution in [3.63, 3.8) is 0 Å². The fourth-order valence-electron chi connectivity index (χ4n) is 1.32. The molecule has 2 N–H and O–H groups in total. The van der Waals surface area contributed by atoms with Gasteiger partial charge >= 0.3 is 6.09 Å². The minimum absolute atomic E-state index is 0.402. The van der Waals surface area contributed by atoms with Gasteiger partial charge in [0.2, 0.25) is 0 Å². The third-order valence-electron chi connectivity index (χ3n) is 2.33. The molecule has 105 valence electrons. The lowest BCUT2D eigenvalue weighted by Crippen LogP contribution is -2.43. The van der Waals surface area contributed by atoms with Gasteiger partial charge in [0.15, 0.2) is 0 Å². The molecule has 1 aromatic rings. The van der Waals surface area contributed by atoms with Gasteiger partial charge < -0.3 is 10.1 Å². The number of hydroxylamine groups is 1. The molecule has 19 heavy (non-hydrogen) atoms. The van der Waals surface area contributed by atoms with Crippen molar-refractivity contribution in [2.75, 3.05) is 6.61 Å². The lowest BCUT2D eigenvalue weighted by molar-refractivity contribution is 0.00551. The van der Waals surface area contributed by atoms with E-state index in [2.05, 4.69) is 17.7 Å². The van der Waals surface area contributed by atoms with Crippen molar-refractivity contribution < 1.29 is 14.4 Å². The number of ether oxygens (including phenoxy) is 1. The van der Waals surface area contributed by atoms with Gasteiger partial charge in [0.25, 0.3) is 0 Å². The zero-order chi connectivity index (χ0) is 13.9. The third kappa shape index (κ3) is 7.43. The van der Waals surface area contributed by atoms with Crippen LogP contribution in [0.2, 0.25) is 0 Å². The molecule has 1 atom stereocenters. The second-order valence-corrected chi connectivity index (χ2v) is 4.08. The van der Waals surface area contributed by atoms with Crippen LogP contribution < -0.4 is 10.8 Å². The standard InChI is InChI=1S/C14H21N2O3/c1-3-4-10-18-14(17)15-12(2)16-19-11-13-8-6-5-7-9-13/h5-9,12,16H,2-4,10-11H2,1H3,(H,15,17). The number of carbonyl (C=O) groups excluding carboxylic acids is 1. The van der Waals surface area contributed by atoms with E-state index in [1.807, 2.05) is 37.3 Å². The molecule has 1 radical (unpaired) electrons. The van der Waals surface area contributed by atoms with E-state index in [0.29, 0.717) is 13.2 Å². The van der Waals surface area contributed by atoms with Crippen LogP contribution in [0.4, 0.5) is 4.79 Å². The van der Waals surface area contributed by atoms with E-state index >= 15 is 0 Å². The molecule has 5 nitrogen and oxygen atoms in total. The third-order valence-corrected chi connectivity index (χ3v) is 2.33. The molecule has 0 saturated heterocycles. The Morgan fingerprint density at radius 3 is 2.79 bits per heavy atom.